The molecule has 2 fully saturated rings. The number of ether oxygens (including phenoxy) is 2. The maximum atomic E-state index is 12.7. The van der Waals surface area contributed by atoms with E-state index < -0.39 is 0 Å². The van der Waals surface area contributed by atoms with Crippen LogP contribution in [0.4, 0.5) is 0 Å². The number of methoxy groups -OCH3 is 2. The van der Waals surface area contributed by atoms with Crippen LogP contribution < -0.4 is 14.8 Å². The number of piperidine rings is 1. The van der Waals surface area contributed by atoms with Gasteiger partial charge in [-0.25, -0.2) is 0 Å². The fourth-order valence-corrected chi connectivity index (χ4v) is 4.48. The first-order chi connectivity index (χ1) is 13.2. The summed E-state index contributed by atoms with van der Waals surface area (Å²) in [5.41, 5.74) is 0.595. The van der Waals surface area contributed by atoms with Crippen LogP contribution in [0.25, 0.3) is 0 Å². The van der Waals surface area contributed by atoms with Crippen LogP contribution in [0, 0.1) is 0 Å². The fraction of sp³-hybridized carbons (Fsp3) is 0.476. The van der Waals surface area contributed by atoms with Gasteiger partial charge in [0.1, 0.15) is 5.76 Å². The van der Waals surface area contributed by atoms with Crippen molar-refractivity contribution in [1.29, 1.82) is 0 Å². The lowest BCUT2D eigenvalue weighted by Crippen LogP contribution is -2.49. The smallest absolute Gasteiger partial charge is 0.251 e. The monoisotopic (exact) mass is 370 g/mol. The average molecular weight is 370 g/mol. The molecule has 2 aliphatic heterocycles. The van der Waals surface area contributed by atoms with Crippen molar-refractivity contribution in [2.75, 3.05) is 14.2 Å². The molecular formula is C21H26N2O4. The number of rotatable bonds is 6. The molecule has 1 N–H and O–H groups in total. The molecule has 6 nitrogen and oxygen atoms in total. The lowest BCUT2D eigenvalue weighted by Gasteiger charge is -2.38. The molecule has 2 bridgehead atoms. The van der Waals surface area contributed by atoms with Gasteiger partial charge >= 0.3 is 0 Å². The van der Waals surface area contributed by atoms with E-state index >= 15 is 0 Å². The number of nitrogens with one attached hydrogen (secondary N) is 1. The normalized spacial score (nSPS) is 24.6. The topological polar surface area (TPSA) is 63.9 Å². The molecule has 3 heterocycles. The second kappa shape index (κ2) is 7.64. The quantitative estimate of drug-likeness (QED) is 0.846. The molecule has 6 heteroatoms. The summed E-state index contributed by atoms with van der Waals surface area (Å²) in [7, 11) is 3.16. The molecule has 0 aliphatic carbocycles. The van der Waals surface area contributed by atoms with Gasteiger partial charge in [0.05, 0.1) is 27.0 Å². The van der Waals surface area contributed by atoms with E-state index in [-0.39, 0.29) is 11.9 Å². The third-order valence-electron chi connectivity index (χ3n) is 5.78. The number of fused-ring (bicyclic) bond motifs is 2. The number of furan rings is 1. The molecule has 2 aliphatic rings. The summed E-state index contributed by atoms with van der Waals surface area (Å²) in [4.78, 5) is 15.3. The van der Waals surface area contributed by atoms with E-state index in [1.165, 1.54) is 12.8 Å². The first kappa shape index (κ1) is 17.9. The van der Waals surface area contributed by atoms with E-state index in [9.17, 15) is 4.79 Å². The van der Waals surface area contributed by atoms with Crippen molar-refractivity contribution >= 4 is 5.91 Å². The summed E-state index contributed by atoms with van der Waals surface area (Å²) in [5, 5.41) is 3.22. The highest BCUT2D eigenvalue weighted by Crippen LogP contribution is 2.37. The number of carbonyl (C=O) groups is 1. The standard InChI is InChI=1S/C21H26N2O4/c1-25-19-8-5-14(10-20(19)26-2)21(24)22-15-11-16-6-7-17(12-15)23(16)13-18-4-3-9-27-18/h3-5,8-10,15-17H,6-7,11-13H2,1-2H3,(H,22,24)/t15?,16-,17+. The van der Waals surface area contributed by atoms with E-state index in [2.05, 4.69) is 10.2 Å². The fourth-order valence-electron chi connectivity index (χ4n) is 4.48. The minimum atomic E-state index is -0.0557. The summed E-state index contributed by atoms with van der Waals surface area (Å²) in [6.07, 6.45) is 6.07. The van der Waals surface area contributed by atoms with Crippen LogP contribution in [0.15, 0.2) is 41.0 Å². The summed E-state index contributed by atoms with van der Waals surface area (Å²) in [6, 6.07) is 10.5. The van der Waals surface area contributed by atoms with Gasteiger partial charge in [-0.3, -0.25) is 9.69 Å². The van der Waals surface area contributed by atoms with E-state index in [1.54, 1.807) is 38.7 Å². The lowest BCUT2D eigenvalue weighted by molar-refractivity contribution is 0.0805. The van der Waals surface area contributed by atoms with Crippen molar-refractivity contribution in [3.8, 4) is 11.5 Å². The Morgan fingerprint density at radius 3 is 2.52 bits per heavy atom. The second-order valence-electron chi connectivity index (χ2n) is 7.35. The Kier molecular flexibility index (Phi) is 5.07. The largest absolute Gasteiger partial charge is 0.493 e. The molecular weight excluding hydrogens is 344 g/mol. The van der Waals surface area contributed by atoms with Gasteiger partial charge in [-0.1, -0.05) is 0 Å². The molecule has 144 valence electrons. The van der Waals surface area contributed by atoms with Crippen LogP contribution in [0.1, 0.15) is 41.8 Å². The minimum absolute atomic E-state index is 0.0557. The van der Waals surface area contributed by atoms with Crippen LogP contribution in [-0.2, 0) is 6.54 Å². The van der Waals surface area contributed by atoms with Gasteiger partial charge < -0.3 is 19.2 Å². The van der Waals surface area contributed by atoms with Crippen molar-refractivity contribution in [3.63, 3.8) is 0 Å². The molecule has 1 unspecified atom stereocenters. The molecule has 3 atom stereocenters. The Labute approximate surface area is 159 Å². The molecule has 0 radical (unpaired) electrons. The number of hydrogen-bond donors (Lipinski definition) is 1. The van der Waals surface area contributed by atoms with Crippen LogP contribution in [0.3, 0.4) is 0 Å². The summed E-state index contributed by atoms with van der Waals surface area (Å²) in [5.74, 6) is 2.15. The zero-order chi connectivity index (χ0) is 18.8. The van der Waals surface area contributed by atoms with Gasteiger partial charge in [0.25, 0.3) is 5.91 Å². The minimum Gasteiger partial charge on any atom is -0.493 e. The van der Waals surface area contributed by atoms with Crippen LogP contribution in [-0.4, -0.2) is 43.2 Å². The van der Waals surface area contributed by atoms with Gasteiger partial charge in [0.2, 0.25) is 0 Å². The zero-order valence-corrected chi connectivity index (χ0v) is 15.8. The molecule has 2 saturated heterocycles. The van der Waals surface area contributed by atoms with Gasteiger partial charge in [0, 0.05) is 23.7 Å². The van der Waals surface area contributed by atoms with Gasteiger partial charge in [-0.15, -0.1) is 0 Å². The maximum absolute atomic E-state index is 12.7. The Morgan fingerprint density at radius 1 is 1.15 bits per heavy atom. The number of benzene rings is 1. The summed E-state index contributed by atoms with van der Waals surface area (Å²) in [6.45, 7) is 0.860. The number of nitrogens with zero attached hydrogens (tertiary/aromatic N) is 1. The summed E-state index contributed by atoms with van der Waals surface area (Å²) >= 11 is 0. The van der Waals surface area contributed by atoms with E-state index in [1.807, 2.05) is 12.1 Å². The lowest BCUT2D eigenvalue weighted by atomic mass is 9.96. The molecule has 0 saturated carbocycles. The first-order valence-corrected chi connectivity index (χ1v) is 9.49. The predicted molar refractivity (Wildman–Crippen MR) is 101 cm³/mol. The van der Waals surface area contributed by atoms with Gasteiger partial charge in [0.15, 0.2) is 11.5 Å². The van der Waals surface area contributed by atoms with Crippen molar-refractivity contribution in [2.45, 2.75) is 50.4 Å². The van der Waals surface area contributed by atoms with Crippen molar-refractivity contribution in [1.82, 2.24) is 10.2 Å². The zero-order valence-electron chi connectivity index (χ0n) is 15.8. The number of carbonyl (C=O) groups excluding carboxylic acids is 1. The van der Waals surface area contributed by atoms with E-state index in [0.29, 0.717) is 29.1 Å². The second-order valence-corrected chi connectivity index (χ2v) is 7.35. The number of hydrogen-bond acceptors (Lipinski definition) is 5. The maximum Gasteiger partial charge on any atom is 0.251 e. The van der Waals surface area contributed by atoms with Crippen molar-refractivity contribution in [3.05, 3.63) is 47.9 Å². The molecule has 2 aromatic rings. The molecule has 0 spiro atoms. The highest BCUT2D eigenvalue weighted by molar-refractivity contribution is 5.95. The SMILES string of the molecule is COc1ccc(C(=O)NC2C[C@H]3CC[C@@H](C2)N3Cc2ccco2)cc1OC. The molecule has 27 heavy (non-hydrogen) atoms. The third-order valence-corrected chi connectivity index (χ3v) is 5.78. The Hall–Kier alpha value is -2.47. The van der Waals surface area contributed by atoms with Crippen molar-refractivity contribution in [2.24, 2.45) is 0 Å². The summed E-state index contributed by atoms with van der Waals surface area (Å²) < 4.78 is 16.1. The third kappa shape index (κ3) is 3.67. The Balaban J connectivity index is 1.39. The molecule has 1 aromatic heterocycles. The van der Waals surface area contributed by atoms with Crippen LogP contribution in [0.5, 0.6) is 11.5 Å². The molecule has 1 aromatic carbocycles. The van der Waals surface area contributed by atoms with Gasteiger partial charge in [-0.05, 0) is 56.0 Å². The van der Waals surface area contributed by atoms with E-state index in [0.717, 1.165) is 25.1 Å². The van der Waals surface area contributed by atoms with Crippen LogP contribution in [0.2, 0.25) is 0 Å². The van der Waals surface area contributed by atoms with E-state index in [4.69, 9.17) is 13.9 Å². The molecule has 1 amide bonds. The Morgan fingerprint density at radius 2 is 1.89 bits per heavy atom. The highest BCUT2D eigenvalue weighted by Gasteiger charge is 2.41. The highest BCUT2D eigenvalue weighted by atomic mass is 16.5. The Bertz CT molecular complexity index is 775. The first-order valence-electron chi connectivity index (χ1n) is 9.49. The number of amides is 1. The molecule has 4 rings (SSSR count). The predicted octanol–water partition coefficient (Wildman–Crippen LogP) is 3.22. The van der Waals surface area contributed by atoms with Gasteiger partial charge in [-0.2, -0.15) is 0 Å². The van der Waals surface area contributed by atoms with Crippen molar-refractivity contribution < 1.29 is 18.7 Å². The van der Waals surface area contributed by atoms with Crippen LogP contribution >= 0.6 is 0 Å². The average Bonchev–Trinajstić information content (AvgIpc) is 3.27.